The number of aromatic nitrogens is 2. The smallest absolute Gasteiger partial charge is 0.199 e. The molecule has 1 radical (unpaired) electrons. The molecule has 3 rings (SSSR count). The van der Waals surface area contributed by atoms with Crippen molar-refractivity contribution in [2.45, 2.75) is 18.7 Å². The molecule has 0 spiro atoms. The van der Waals surface area contributed by atoms with Crippen LogP contribution in [0.15, 0.2) is 41.4 Å². The maximum absolute atomic E-state index is 12.7. The predicted molar refractivity (Wildman–Crippen MR) is 82.1 cm³/mol. The Labute approximate surface area is 128 Å². The Balaban J connectivity index is 2.24. The van der Waals surface area contributed by atoms with Gasteiger partial charge in [0.2, 0.25) is 0 Å². The molecule has 3 aromatic rings. The molecule has 107 valence electrons. The highest BCUT2D eigenvalue weighted by atomic mass is 35.5. The molecule has 0 saturated heterocycles. The van der Waals surface area contributed by atoms with E-state index in [2.05, 4.69) is 11.2 Å². The van der Waals surface area contributed by atoms with Crippen molar-refractivity contribution in [3.05, 3.63) is 58.7 Å². The van der Waals surface area contributed by atoms with Crippen LogP contribution in [0.2, 0.25) is 5.02 Å². The number of aryl methyl sites for hydroxylation is 2. The van der Waals surface area contributed by atoms with Gasteiger partial charge in [-0.2, -0.15) is 17.6 Å². The summed E-state index contributed by atoms with van der Waals surface area (Å²) in [5.74, 6) is 0. The first-order valence-electron chi connectivity index (χ1n) is 6.28. The summed E-state index contributed by atoms with van der Waals surface area (Å²) < 4.78 is 26.4. The molecule has 0 aliphatic heterocycles. The van der Waals surface area contributed by atoms with E-state index in [1.54, 1.807) is 37.3 Å². The minimum absolute atomic E-state index is 0.200. The van der Waals surface area contributed by atoms with Crippen LogP contribution in [0.1, 0.15) is 11.1 Å². The SMILES string of the molecule is Cc1ccc(S(=O)(=O)n2ncc3[c]c(Cl)c(C)cc32)cc1. The molecule has 0 aliphatic carbocycles. The molecule has 6 heteroatoms. The van der Waals surface area contributed by atoms with E-state index < -0.39 is 10.0 Å². The van der Waals surface area contributed by atoms with Gasteiger partial charge in [0.15, 0.2) is 0 Å². The van der Waals surface area contributed by atoms with Crippen LogP contribution in [-0.4, -0.2) is 17.6 Å². The zero-order valence-corrected chi connectivity index (χ0v) is 13.0. The Kier molecular flexibility index (Phi) is 3.26. The van der Waals surface area contributed by atoms with Gasteiger partial charge in [0.05, 0.1) is 21.6 Å². The lowest BCUT2D eigenvalue weighted by Gasteiger charge is -2.07. The van der Waals surface area contributed by atoms with Gasteiger partial charge < -0.3 is 0 Å². The van der Waals surface area contributed by atoms with Crippen molar-refractivity contribution in [2.24, 2.45) is 0 Å². The third kappa shape index (κ3) is 2.32. The molecule has 0 N–H and O–H groups in total. The average Bonchev–Trinajstić information content (AvgIpc) is 2.83. The molecule has 0 aliphatic rings. The average molecular weight is 320 g/mol. The normalized spacial score (nSPS) is 12.0. The monoisotopic (exact) mass is 319 g/mol. The van der Waals surface area contributed by atoms with Crippen molar-refractivity contribution in [3.63, 3.8) is 0 Å². The summed E-state index contributed by atoms with van der Waals surface area (Å²) in [6.45, 7) is 3.70. The first-order valence-corrected chi connectivity index (χ1v) is 8.10. The van der Waals surface area contributed by atoms with Crippen LogP contribution in [0, 0.1) is 19.9 Å². The Morgan fingerprint density at radius 1 is 1.19 bits per heavy atom. The van der Waals surface area contributed by atoms with E-state index in [1.165, 1.54) is 6.20 Å². The lowest BCUT2D eigenvalue weighted by Crippen LogP contribution is -2.14. The third-order valence-corrected chi connectivity index (χ3v) is 5.27. The summed E-state index contributed by atoms with van der Waals surface area (Å²) in [6.07, 6.45) is 1.45. The topological polar surface area (TPSA) is 52.0 Å². The molecule has 0 amide bonds. The minimum Gasteiger partial charge on any atom is -0.199 e. The Bertz CT molecular complexity index is 928. The molecule has 0 unspecified atom stereocenters. The van der Waals surface area contributed by atoms with E-state index in [0.717, 1.165) is 15.2 Å². The molecular weight excluding hydrogens is 308 g/mol. The van der Waals surface area contributed by atoms with Gasteiger partial charge in [0.25, 0.3) is 10.0 Å². The lowest BCUT2D eigenvalue weighted by molar-refractivity contribution is 0.582. The molecule has 4 nitrogen and oxygen atoms in total. The number of fused-ring (bicyclic) bond motifs is 1. The highest BCUT2D eigenvalue weighted by Gasteiger charge is 2.20. The van der Waals surface area contributed by atoms with Crippen LogP contribution in [-0.2, 0) is 10.0 Å². The van der Waals surface area contributed by atoms with Crippen LogP contribution in [0.3, 0.4) is 0 Å². The van der Waals surface area contributed by atoms with E-state index in [9.17, 15) is 8.42 Å². The molecule has 1 heterocycles. The van der Waals surface area contributed by atoms with Crippen LogP contribution in [0.5, 0.6) is 0 Å². The highest BCUT2D eigenvalue weighted by molar-refractivity contribution is 7.90. The molecule has 2 aromatic carbocycles. The highest BCUT2D eigenvalue weighted by Crippen LogP contribution is 2.25. The molecule has 21 heavy (non-hydrogen) atoms. The van der Waals surface area contributed by atoms with Gasteiger partial charge in [-0.3, -0.25) is 0 Å². The van der Waals surface area contributed by atoms with Gasteiger partial charge in [0, 0.05) is 11.5 Å². The standard InChI is InChI=1S/C15H12ClN2O2S/c1-10-3-5-13(6-4-10)21(19,20)18-15-7-11(2)14(16)8-12(15)9-17-18/h3-7,9H,1-2H3. The molecule has 0 atom stereocenters. The quantitative estimate of drug-likeness (QED) is 0.728. The molecule has 1 aromatic heterocycles. The first-order chi connectivity index (χ1) is 9.89. The van der Waals surface area contributed by atoms with Gasteiger partial charge >= 0.3 is 0 Å². The van der Waals surface area contributed by atoms with Gasteiger partial charge in [-0.25, -0.2) is 0 Å². The second-order valence-corrected chi connectivity index (χ2v) is 7.02. The largest absolute Gasteiger partial charge is 0.283 e. The van der Waals surface area contributed by atoms with E-state index in [4.69, 9.17) is 11.6 Å². The lowest BCUT2D eigenvalue weighted by atomic mass is 10.2. The predicted octanol–water partition coefficient (Wildman–Crippen LogP) is 3.34. The minimum atomic E-state index is -3.73. The zero-order chi connectivity index (χ0) is 15.2. The number of hydrogen-bond acceptors (Lipinski definition) is 3. The second kappa shape index (κ2) is 4.86. The fraction of sp³-hybridized carbons (Fsp3) is 0.133. The van der Waals surface area contributed by atoms with Crippen molar-refractivity contribution in [2.75, 3.05) is 0 Å². The summed E-state index contributed by atoms with van der Waals surface area (Å²) in [6, 6.07) is 11.3. The van der Waals surface area contributed by atoms with Crippen LogP contribution in [0.25, 0.3) is 10.9 Å². The molecule has 0 bridgehead atoms. The maximum Gasteiger partial charge on any atom is 0.283 e. The van der Waals surface area contributed by atoms with Crippen LogP contribution in [0.4, 0.5) is 0 Å². The summed E-state index contributed by atoms with van der Waals surface area (Å²) in [7, 11) is -3.73. The van der Waals surface area contributed by atoms with Crippen molar-refractivity contribution >= 4 is 32.5 Å². The van der Waals surface area contributed by atoms with Crippen molar-refractivity contribution in [1.82, 2.24) is 9.19 Å². The van der Waals surface area contributed by atoms with Gasteiger partial charge in [-0.15, -0.1) is 0 Å². The van der Waals surface area contributed by atoms with E-state index in [-0.39, 0.29) is 4.90 Å². The fourth-order valence-corrected chi connectivity index (χ4v) is 3.48. The summed E-state index contributed by atoms with van der Waals surface area (Å²) in [5, 5.41) is 5.02. The summed E-state index contributed by atoms with van der Waals surface area (Å²) >= 11 is 6.00. The Morgan fingerprint density at radius 2 is 1.86 bits per heavy atom. The van der Waals surface area contributed by atoms with Gasteiger partial charge in [-0.1, -0.05) is 29.3 Å². The number of nitrogens with zero attached hydrogens (tertiary/aromatic N) is 2. The van der Waals surface area contributed by atoms with E-state index in [0.29, 0.717) is 15.9 Å². The molecule has 0 fully saturated rings. The number of benzene rings is 2. The second-order valence-electron chi connectivity index (χ2n) is 4.87. The zero-order valence-electron chi connectivity index (χ0n) is 11.5. The number of hydrogen-bond donors (Lipinski definition) is 0. The van der Waals surface area contributed by atoms with E-state index >= 15 is 0 Å². The van der Waals surface area contributed by atoms with Crippen LogP contribution >= 0.6 is 11.6 Å². The van der Waals surface area contributed by atoms with Gasteiger partial charge in [0.1, 0.15) is 0 Å². The van der Waals surface area contributed by atoms with Crippen LogP contribution < -0.4 is 0 Å². The molecular formula is C15H12ClN2O2S. The summed E-state index contributed by atoms with van der Waals surface area (Å²) in [5.41, 5.74) is 2.22. The Hall–Kier alpha value is -1.85. The first kappa shape index (κ1) is 14.1. The maximum atomic E-state index is 12.7. The van der Waals surface area contributed by atoms with E-state index in [1.807, 2.05) is 6.92 Å². The summed E-state index contributed by atoms with van der Waals surface area (Å²) in [4.78, 5) is 0.200. The number of halogens is 1. The third-order valence-electron chi connectivity index (χ3n) is 3.26. The fourth-order valence-electron chi connectivity index (χ4n) is 2.06. The van der Waals surface area contributed by atoms with Gasteiger partial charge in [-0.05, 0) is 37.6 Å². The Morgan fingerprint density at radius 3 is 2.52 bits per heavy atom. The van der Waals surface area contributed by atoms with Crippen molar-refractivity contribution in [1.29, 1.82) is 0 Å². The van der Waals surface area contributed by atoms with Crippen molar-refractivity contribution in [3.8, 4) is 0 Å². The van der Waals surface area contributed by atoms with Crippen molar-refractivity contribution < 1.29 is 8.42 Å². The molecule has 0 saturated carbocycles. The number of rotatable bonds is 2.